The van der Waals surface area contributed by atoms with Gasteiger partial charge < -0.3 is 20.2 Å². The van der Waals surface area contributed by atoms with E-state index in [4.69, 9.17) is 43.3 Å². The van der Waals surface area contributed by atoms with Gasteiger partial charge >= 0.3 is 0 Å². The van der Waals surface area contributed by atoms with Crippen LogP contribution in [0, 0.1) is 6.92 Å². The summed E-state index contributed by atoms with van der Waals surface area (Å²) in [6.07, 6.45) is 4.77. The van der Waals surface area contributed by atoms with E-state index < -0.39 is 0 Å². The molecule has 3 heterocycles. The molecule has 1 saturated heterocycles. The van der Waals surface area contributed by atoms with E-state index in [1.807, 2.05) is 26.0 Å². The lowest BCUT2D eigenvalue weighted by Gasteiger charge is -2.42. The Morgan fingerprint density at radius 3 is 2.61 bits per heavy atom. The molecule has 0 radical (unpaired) electrons. The van der Waals surface area contributed by atoms with Crippen LogP contribution < -0.4 is 10.6 Å². The number of oxazole rings is 1. The molecular weight excluding hydrogens is 437 g/mol. The third-order valence-electron chi connectivity index (χ3n) is 6.16. The summed E-state index contributed by atoms with van der Waals surface area (Å²) < 4.78 is 5.63. The van der Waals surface area contributed by atoms with Crippen LogP contribution in [0.15, 0.2) is 35.1 Å². The van der Waals surface area contributed by atoms with Crippen molar-refractivity contribution in [2.45, 2.75) is 44.8 Å². The number of aliphatic hydroxyl groups excluding tert-OH is 1. The molecular formula is C22H25Cl2N5O2. The highest BCUT2D eigenvalue weighted by atomic mass is 35.5. The van der Waals surface area contributed by atoms with E-state index >= 15 is 0 Å². The van der Waals surface area contributed by atoms with Crippen LogP contribution in [0.1, 0.15) is 37.0 Å². The normalized spacial score (nSPS) is 17.0. The number of anilines is 1. The molecule has 0 spiro atoms. The highest BCUT2D eigenvalue weighted by molar-refractivity contribution is 6.43. The maximum absolute atomic E-state index is 10.0. The van der Waals surface area contributed by atoms with Crippen molar-refractivity contribution in [1.82, 2.24) is 15.0 Å². The predicted octanol–water partition coefficient (Wildman–Crippen LogP) is 4.12. The van der Waals surface area contributed by atoms with Crippen molar-refractivity contribution in [2.24, 2.45) is 5.73 Å². The van der Waals surface area contributed by atoms with E-state index in [1.165, 1.54) is 0 Å². The summed E-state index contributed by atoms with van der Waals surface area (Å²) in [7, 11) is 0. The Labute approximate surface area is 191 Å². The van der Waals surface area contributed by atoms with E-state index in [-0.39, 0.29) is 18.1 Å². The van der Waals surface area contributed by atoms with Crippen molar-refractivity contribution in [2.75, 3.05) is 18.0 Å². The first kappa shape index (κ1) is 22.0. The molecule has 3 aromatic rings. The molecule has 3 N–H and O–H groups in total. The van der Waals surface area contributed by atoms with Crippen molar-refractivity contribution < 1.29 is 9.52 Å². The minimum absolute atomic E-state index is 0.106. The summed E-state index contributed by atoms with van der Waals surface area (Å²) >= 11 is 12.6. The molecule has 0 aliphatic carbocycles. The van der Waals surface area contributed by atoms with Crippen LogP contribution >= 0.6 is 23.2 Å². The van der Waals surface area contributed by atoms with E-state index in [1.54, 1.807) is 18.5 Å². The largest absolute Gasteiger partial charge is 0.448 e. The first-order valence-electron chi connectivity index (χ1n) is 10.2. The molecule has 1 fully saturated rings. The molecule has 31 heavy (non-hydrogen) atoms. The monoisotopic (exact) mass is 461 g/mol. The number of hydrogen-bond donors (Lipinski definition) is 2. The lowest BCUT2D eigenvalue weighted by Crippen LogP contribution is -2.52. The Hall–Kier alpha value is -2.19. The van der Waals surface area contributed by atoms with Gasteiger partial charge in [-0.25, -0.2) is 15.0 Å². The second kappa shape index (κ2) is 8.74. The SMILES string of the molecule is Cc1nc(N2CCC(c3ncco3)([C@H](C)N)CC2)c(CO)nc1-c1cccc(Cl)c1Cl. The molecule has 9 heteroatoms. The Morgan fingerprint density at radius 2 is 2.00 bits per heavy atom. The quantitative estimate of drug-likeness (QED) is 0.588. The number of aromatic nitrogens is 3. The van der Waals surface area contributed by atoms with E-state index in [9.17, 15) is 5.11 Å². The maximum Gasteiger partial charge on any atom is 0.201 e. The van der Waals surface area contributed by atoms with Crippen LogP contribution in [0.2, 0.25) is 10.0 Å². The lowest BCUT2D eigenvalue weighted by molar-refractivity contribution is 0.224. The van der Waals surface area contributed by atoms with Gasteiger partial charge in [-0.2, -0.15) is 0 Å². The molecule has 0 amide bonds. The van der Waals surface area contributed by atoms with Gasteiger partial charge in [0.25, 0.3) is 0 Å². The minimum Gasteiger partial charge on any atom is -0.448 e. The van der Waals surface area contributed by atoms with Gasteiger partial charge in [0.2, 0.25) is 5.89 Å². The van der Waals surface area contributed by atoms with Crippen molar-refractivity contribution in [3.05, 3.63) is 58.0 Å². The molecule has 4 rings (SSSR count). The average molecular weight is 462 g/mol. The van der Waals surface area contributed by atoms with Gasteiger partial charge in [-0.3, -0.25) is 0 Å². The lowest BCUT2D eigenvalue weighted by atomic mass is 9.73. The average Bonchev–Trinajstić information content (AvgIpc) is 3.31. The molecule has 2 aromatic heterocycles. The van der Waals surface area contributed by atoms with Gasteiger partial charge in [0, 0.05) is 24.7 Å². The number of aryl methyl sites for hydroxylation is 1. The standard InChI is InChI=1S/C22H25Cl2N5O2/c1-13-19(15-4-3-5-16(23)18(15)24)28-17(12-30)20(27-13)29-9-6-22(7-10-29,14(2)25)21-26-8-11-31-21/h3-5,8,11,14,30H,6-7,9-10,12,25H2,1-2H3/t14-/m0/s1. The van der Waals surface area contributed by atoms with Crippen LogP contribution in [-0.2, 0) is 12.0 Å². The summed E-state index contributed by atoms with van der Waals surface area (Å²) in [5.41, 5.74) is 8.56. The minimum atomic E-state index is -0.323. The highest BCUT2D eigenvalue weighted by Gasteiger charge is 2.43. The zero-order chi connectivity index (χ0) is 22.2. The number of nitrogens with zero attached hydrogens (tertiary/aromatic N) is 4. The Morgan fingerprint density at radius 1 is 1.26 bits per heavy atom. The summed E-state index contributed by atoms with van der Waals surface area (Å²) in [5.74, 6) is 1.35. The number of piperidine rings is 1. The molecule has 0 saturated carbocycles. The van der Waals surface area contributed by atoms with Crippen molar-refractivity contribution in [3.63, 3.8) is 0 Å². The molecule has 164 valence electrons. The summed E-state index contributed by atoms with van der Waals surface area (Å²) in [6.45, 7) is 5.03. The molecule has 1 aliphatic heterocycles. The fourth-order valence-electron chi connectivity index (χ4n) is 4.29. The van der Waals surface area contributed by atoms with Crippen LogP contribution in [0.25, 0.3) is 11.3 Å². The summed E-state index contributed by atoms with van der Waals surface area (Å²) in [6, 6.07) is 5.29. The van der Waals surface area contributed by atoms with Crippen LogP contribution in [-0.4, -0.2) is 39.2 Å². The van der Waals surface area contributed by atoms with Crippen LogP contribution in [0.3, 0.4) is 0 Å². The Bertz CT molecular complexity index is 1060. The third-order valence-corrected chi connectivity index (χ3v) is 6.98. The number of hydrogen-bond acceptors (Lipinski definition) is 7. The molecule has 1 aromatic carbocycles. The van der Waals surface area contributed by atoms with Gasteiger partial charge in [-0.15, -0.1) is 0 Å². The van der Waals surface area contributed by atoms with E-state index in [2.05, 4.69) is 9.88 Å². The number of benzene rings is 1. The van der Waals surface area contributed by atoms with Crippen LogP contribution in [0.5, 0.6) is 0 Å². The number of nitrogens with two attached hydrogens (primary N) is 1. The third kappa shape index (κ3) is 3.91. The van der Waals surface area contributed by atoms with E-state index in [0.29, 0.717) is 57.5 Å². The first-order valence-corrected chi connectivity index (χ1v) is 11.0. The number of aliphatic hydroxyl groups is 1. The Balaban J connectivity index is 1.65. The fourth-order valence-corrected chi connectivity index (χ4v) is 4.68. The molecule has 7 nitrogen and oxygen atoms in total. The maximum atomic E-state index is 10.0. The second-order valence-electron chi connectivity index (χ2n) is 7.96. The highest BCUT2D eigenvalue weighted by Crippen LogP contribution is 2.39. The summed E-state index contributed by atoms with van der Waals surface area (Å²) in [5, 5.41) is 10.9. The zero-order valence-electron chi connectivity index (χ0n) is 17.5. The van der Waals surface area contributed by atoms with Gasteiger partial charge in [0.1, 0.15) is 12.0 Å². The van der Waals surface area contributed by atoms with Crippen LogP contribution in [0.4, 0.5) is 5.82 Å². The van der Waals surface area contributed by atoms with Gasteiger partial charge in [0.05, 0.1) is 39.7 Å². The van der Waals surface area contributed by atoms with Gasteiger partial charge in [0.15, 0.2) is 5.82 Å². The van der Waals surface area contributed by atoms with Crippen molar-refractivity contribution in [1.29, 1.82) is 0 Å². The van der Waals surface area contributed by atoms with Crippen molar-refractivity contribution in [3.8, 4) is 11.3 Å². The zero-order valence-corrected chi connectivity index (χ0v) is 19.0. The molecule has 1 atom stereocenters. The van der Waals surface area contributed by atoms with Gasteiger partial charge in [-0.05, 0) is 32.8 Å². The topological polar surface area (TPSA) is 101 Å². The molecule has 1 aliphatic rings. The molecule has 0 bridgehead atoms. The van der Waals surface area contributed by atoms with E-state index in [0.717, 1.165) is 12.8 Å². The van der Waals surface area contributed by atoms with Crippen molar-refractivity contribution >= 4 is 29.0 Å². The van der Waals surface area contributed by atoms with Gasteiger partial charge in [-0.1, -0.05) is 35.3 Å². The molecule has 0 unspecified atom stereocenters. The number of halogens is 2. The smallest absolute Gasteiger partial charge is 0.201 e. The second-order valence-corrected chi connectivity index (χ2v) is 8.74. The fraction of sp³-hybridized carbons (Fsp3) is 0.409. The Kier molecular flexibility index (Phi) is 6.21. The predicted molar refractivity (Wildman–Crippen MR) is 121 cm³/mol. The first-order chi connectivity index (χ1) is 14.9. The number of rotatable bonds is 5. The summed E-state index contributed by atoms with van der Waals surface area (Å²) in [4.78, 5) is 16.0.